The van der Waals surface area contributed by atoms with Gasteiger partial charge in [0, 0.05) is 6.04 Å². The molecule has 0 saturated heterocycles. The molecule has 3 N–H and O–H groups in total. The van der Waals surface area contributed by atoms with Crippen molar-refractivity contribution >= 4 is 11.9 Å². The summed E-state index contributed by atoms with van der Waals surface area (Å²) in [6.07, 6.45) is 1.01. The number of aliphatic carboxylic acids is 1. The lowest BCUT2D eigenvalue weighted by Crippen LogP contribution is -2.57. The number of nitrogens with two attached hydrogens (primary N) is 1. The highest BCUT2D eigenvalue weighted by Gasteiger charge is 2.35. The topological polar surface area (TPSA) is 83.6 Å². The lowest BCUT2D eigenvalue weighted by Gasteiger charge is -2.34. The zero-order chi connectivity index (χ0) is 12.9. The van der Waals surface area contributed by atoms with E-state index in [0.717, 1.165) is 0 Å². The molecule has 0 aromatic rings. The van der Waals surface area contributed by atoms with E-state index in [1.165, 1.54) is 4.90 Å². The van der Waals surface area contributed by atoms with Gasteiger partial charge in [-0.05, 0) is 26.7 Å². The summed E-state index contributed by atoms with van der Waals surface area (Å²) in [6, 6.07) is -0.162. The molecule has 0 atom stereocenters. The Balaban J connectivity index is 4.93. The van der Waals surface area contributed by atoms with Crippen LogP contribution in [0.2, 0.25) is 0 Å². The molecular weight excluding hydrogens is 208 g/mol. The summed E-state index contributed by atoms with van der Waals surface area (Å²) >= 11 is 0. The van der Waals surface area contributed by atoms with E-state index >= 15 is 0 Å². The number of hydrogen-bond donors (Lipinski definition) is 2. The Morgan fingerprint density at radius 1 is 1.31 bits per heavy atom. The fraction of sp³-hybridized carbons (Fsp3) is 0.818. The second kappa shape index (κ2) is 5.84. The predicted molar refractivity (Wildman–Crippen MR) is 62.0 cm³/mol. The van der Waals surface area contributed by atoms with Crippen molar-refractivity contribution in [3.63, 3.8) is 0 Å². The van der Waals surface area contributed by atoms with Crippen molar-refractivity contribution in [2.45, 2.75) is 52.1 Å². The largest absolute Gasteiger partial charge is 0.480 e. The summed E-state index contributed by atoms with van der Waals surface area (Å²) in [5.41, 5.74) is 5.03. The van der Waals surface area contributed by atoms with Crippen LogP contribution in [0, 0.1) is 0 Å². The van der Waals surface area contributed by atoms with Crippen LogP contribution in [0.4, 0.5) is 0 Å². The molecule has 5 nitrogen and oxygen atoms in total. The third kappa shape index (κ3) is 3.48. The highest BCUT2D eigenvalue weighted by atomic mass is 16.4. The Morgan fingerprint density at radius 2 is 1.75 bits per heavy atom. The van der Waals surface area contributed by atoms with Gasteiger partial charge in [-0.15, -0.1) is 0 Å². The average Bonchev–Trinajstić information content (AvgIpc) is 2.23. The first-order valence-electron chi connectivity index (χ1n) is 5.60. The van der Waals surface area contributed by atoms with Crippen molar-refractivity contribution in [2.24, 2.45) is 5.73 Å². The zero-order valence-corrected chi connectivity index (χ0v) is 10.5. The minimum absolute atomic E-state index is 0.162. The molecule has 0 aliphatic rings. The van der Waals surface area contributed by atoms with E-state index in [4.69, 9.17) is 10.8 Å². The van der Waals surface area contributed by atoms with Crippen LogP contribution in [0.1, 0.15) is 40.5 Å². The van der Waals surface area contributed by atoms with E-state index in [0.29, 0.717) is 12.8 Å². The molecule has 5 heteroatoms. The fourth-order valence-corrected chi connectivity index (χ4v) is 1.47. The van der Waals surface area contributed by atoms with Gasteiger partial charge in [0.05, 0.1) is 5.54 Å². The van der Waals surface area contributed by atoms with E-state index < -0.39 is 11.5 Å². The van der Waals surface area contributed by atoms with Crippen LogP contribution in [-0.2, 0) is 9.59 Å². The van der Waals surface area contributed by atoms with E-state index in [-0.39, 0.29) is 18.5 Å². The van der Waals surface area contributed by atoms with Gasteiger partial charge in [-0.2, -0.15) is 0 Å². The van der Waals surface area contributed by atoms with E-state index in [1.54, 1.807) is 13.8 Å². The molecule has 0 fully saturated rings. The van der Waals surface area contributed by atoms with E-state index in [1.807, 2.05) is 13.8 Å². The molecule has 16 heavy (non-hydrogen) atoms. The van der Waals surface area contributed by atoms with Gasteiger partial charge in [0.1, 0.15) is 6.54 Å². The van der Waals surface area contributed by atoms with Gasteiger partial charge < -0.3 is 15.7 Å². The third-order valence-electron chi connectivity index (χ3n) is 2.88. The number of carbonyl (C=O) groups is 2. The molecule has 0 radical (unpaired) electrons. The maximum atomic E-state index is 12.1. The Bertz CT molecular complexity index is 260. The van der Waals surface area contributed by atoms with Crippen LogP contribution in [0.15, 0.2) is 0 Å². The molecule has 0 aliphatic heterocycles. The SMILES string of the molecule is CCC(N)(CC)C(=O)N(CC(=O)O)C(C)C. The molecular formula is C11H22N2O3. The first kappa shape index (κ1) is 14.9. The smallest absolute Gasteiger partial charge is 0.323 e. The molecule has 0 aromatic heterocycles. The molecule has 0 aliphatic carbocycles. The van der Waals surface area contributed by atoms with Crippen molar-refractivity contribution in [2.75, 3.05) is 6.54 Å². The highest BCUT2D eigenvalue weighted by molar-refractivity contribution is 5.88. The van der Waals surface area contributed by atoms with Gasteiger partial charge in [0.25, 0.3) is 0 Å². The fourth-order valence-electron chi connectivity index (χ4n) is 1.47. The Labute approximate surface area is 96.6 Å². The van der Waals surface area contributed by atoms with Gasteiger partial charge in [0.15, 0.2) is 0 Å². The van der Waals surface area contributed by atoms with Crippen molar-refractivity contribution in [1.29, 1.82) is 0 Å². The van der Waals surface area contributed by atoms with E-state index in [9.17, 15) is 9.59 Å². The quantitative estimate of drug-likeness (QED) is 0.707. The van der Waals surface area contributed by atoms with Crippen molar-refractivity contribution < 1.29 is 14.7 Å². The monoisotopic (exact) mass is 230 g/mol. The Kier molecular flexibility index (Phi) is 5.44. The lowest BCUT2D eigenvalue weighted by atomic mass is 9.92. The molecule has 0 unspecified atom stereocenters. The molecule has 0 saturated carbocycles. The lowest BCUT2D eigenvalue weighted by molar-refractivity contribution is -0.148. The normalized spacial score (nSPS) is 11.6. The molecule has 0 bridgehead atoms. The number of nitrogens with zero attached hydrogens (tertiary/aromatic N) is 1. The van der Waals surface area contributed by atoms with Crippen molar-refractivity contribution in [3.8, 4) is 0 Å². The van der Waals surface area contributed by atoms with E-state index in [2.05, 4.69) is 0 Å². The second-order valence-corrected chi connectivity index (χ2v) is 4.28. The van der Waals surface area contributed by atoms with Crippen LogP contribution in [0.5, 0.6) is 0 Å². The standard InChI is InChI=1S/C11H22N2O3/c1-5-11(12,6-2)10(16)13(8(3)4)7-9(14)15/h8H,5-7,12H2,1-4H3,(H,14,15). The number of carbonyl (C=O) groups excluding carboxylic acids is 1. The molecule has 0 aromatic carbocycles. The predicted octanol–water partition coefficient (Wildman–Crippen LogP) is 0.826. The average molecular weight is 230 g/mol. The van der Waals surface area contributed by atoms with Crippen LogP contribution in [0.25, 0.3) is 0 Å². The van der Waals surface area contributed by atoms with Crippen LogP contribution < -0.4 is 5.73 Å². The Hall–Kier alpha value is -1.10. The number of rotatable bonds is 6. The summed E-state index contributed by atoms with van der Waals surface area (Å²) in [6.45, 7) is 6.94. The van der Waals surface area contributed by atoms with Gasteiger partial charge in [0.2, 0.25) is 5.91 Å². The van der Waals surface area contributed by atoms with Crippen LogP contribution in [-0.4, -0.2) is 40.0 Å². The van der Waals surface area contributed by atoms with Crippen molar-refractivity contribution in [1.82, 2.24) is 4.90 Å². The molecule has 0 spiro atoms. The number of carboxylic acids is 1. The summed E-state index contributed by atoms with van der Waals surface area (Å²) in [5, 5.41) is 8.76. The minimum atomic E-state index is -1.02. The number of hydrogen-bond acceptors (Lipinski definition) is 3. The maximum absolute atomic E-state index is 12.1. The first-order chi connectivity index (χ1) is 7.28. The summed E-state index contributed by atoms with van der Waals surface area (Å²) in [4.78, 5) is 24.1. The number of amides is 1. The minimum Gasteiger partial charge on any atom is -0.480 e. The third-order valence-corrected chi connectivity index (χ3v) is 2.88. The van der Waals surface area contributed by atoms with Gasteiger partial charge in [-0.25, -0.2) is 0 Å². The van der Waals surface area contributed by atoms with Gasteiger partial charge in [-0.3, -0.25) is 9.59 Å². The molecule has 0 heterocycles. The van der Waals surface area contributed by atoms with Crippen LogP contribution >= 0.6 is 0 Å². The maximum Gasteiger partial charge on any atom is 0.323 e. The molecule has 1 amide bonds. The highest BCUT2D eigenvalue weighted by Crippen LogP contribution is 2.16. The Morgan fingerprint density at radius 3 is 2.00 bits per heavy atom. The summed E-state index contributed by atoms with van der Waals surface area (Å²) in [7, 11) is 0. The van der Waals surface area contributed by atoms with Crippen LogP contribution in [0.3, 0.4) is 0 Å². The first-order valence-corrected chi connectivity index (χ1v) is 5.60. The molecule has 0 rings (SSSR count). The van der Waals surface area contributed by atoms with Gasteiger partial charge in [-0.1, -0.05) is 13.8 Å². The number of carboxylic acid groups (broad SMARTS) is 1. The summed E-state index contributed by atoms with van der Waals surface area (Å²) < 4.78 is 0. The zero-order valence-electron chi connectivity index (χ0n) is 10.5. The summed E-state index contributed by atoms with van der Waals surface area (Å²) in [5.74, 6) is -1.30. The van der Waals surface area contributed by atoms with Gasteiger partial charge >= 0.3 is 5.97 Å². The molecule has 94 valence electrons. The second-order valence-electron chi connectivity index (χ2n) is 4.28. The van der Waals surface area contributed by atoms with Crippen molar-refractivity contribution in [3.05, 3.63) is 0 Å².